The predicted octanol–water partition coefficient (Wildman–Crippen LogP) is 3.12. The number of rotatable bonds is 8. The molecule has 0 saturated heterocycles. The molecule has 30 heavy (non-hydrogen) atoms. The van der Waals surface area contributed by atoms with Crippen LogP contribution in [-0.4, -0.2) is 52.8 Å². The molecule has 1 aromatic rings. The minimum Gasteiger partial charge on any atom is -0.357 e. The molecule has 0 bridgehead atoms. The van der Waals surface area contributed by atoms with Crippen LogP contribution in [0.1, 0.15) is 55.5 Å². The number of carbonyl (C=O) groups excluding carboxylic acids is 1. The number of guanidine groups is 1. The summed E-state index contributed by atoms with van der Waals surface area (Å²) in [4.78, 5) is 16.7. The molecule has 0 spiro atoms. The van der Waals surface area contributed by atoms with E-state index in [1.807, 2.05) is 13.8 Å². The van der Waals surface area contributed by atoms with E-state index in [4.69, 9.17) is 0 Å². The molecule has 3 N–H and O–H groups in total. The highest BCUT2D eigenvalue weighted by molar-refractivity contribution is 14.0. The van der Waals surface area contributed by atoms with Crippen LogP contribution in [0.3, 0.4) is 0 Å². The first-order chi connectivity index (χ1) is 13.9. The van der Waals surface area contributed by atoms with Crippen molar-refractivity contribution in [2.24, 2.45) is 4.99 Å². The number of hydrogen-bond acceptors (Lipinski definition) is 3. The zero-order valence-electron chi connectivity index (χ0n) is 18.0. The van der Waals surface area contributed by atoms with Gasteiger partial charge in [-0.05, 0) is 50.8 Å². The number of nitrogens with zero attached hydrogens (tertiary/aromatic N) is 1. The summed E-state index contributed by atoms with van der Waals surface area (Å²) < 4.78 is 25.7. The summed E-state index contributed by atoms with van der Waals surface area (Å²) in [5, 5.41) is 9.68. The van der Waals surface area contributed by atoms with Crippen molar-refractivity contribution in [3.8, 4) is 0 Å². The number of benzene rings is 1. The van der Waals surface area contributed by atoms with Crippen LogP contribution in [-0.2, 0) is 10.8 Å². The number of amides is 1. The molecular formula is C21H34FIN4O2S. The second-order valence-electron chi connectivity index (χ2n) is 7.28. The Morgan fingerprint density at radius 3 is 2.70 bits per heavy atom. The fourth-order valence-electron chi connectivity index (χ4n) is 3.44. The standard InChI is InChI=1S/C21H33FN4O2S.HI/c1-4-23-21(26-17-7-6-8-18(14-17)29(28)5-2)25-12-11-24-20(27)16-10-9-15(3)19(22)13-16;/h9-10,13,17-18H,4-8,11-12,14H2,1-3H3,(H,24,27)(H2,23,25,26);1H. The monoisotopic (exact) mass is 552 g/mol. The first kappa shape index (κ1) is 26.8. The number of aryl methyl sites for hydroxylation is 1. The summed E-state index contributed by atoms with van der Waals surface area (Å²) >= 11 is 0. The molecule has 3 unspecified atom stereocenters. The lowest BCUT2D eigenvalue weighted by Gasteiger charge is -2.30. The van der Waals surface area contributed by atoms with E-state index in [0.717, 1.165) is 32.2 Å². The summed E-state index contributed by atoms with van der Waals surface area (Å²) in [6.07, 6.45) is 4.02. The molecule has 0 heterocycles. The zero-order chi connectivity index (χ0) is 21.2. The van der Waals surface area contributed by atoms with E-state index in [2.05, 4.69) is 20.9 Å². The summed E-state index contributed by atoms with van der Waals surface area (Å²) in [5.41, 5.74) is 0.819. The fourth-order valence-corrected chi connectivity index (χ4v) is 4.79. The van der Waals surface area contributed by atoms with Crippen LogP contribution in [0.15, 0.2) is 23.2 Å². The molecule has 170 valence electrons. The van der Waals surface area contributed by atoms with Crippen molar-refractivity contribution in [1.82, 2.24) is 16.0 Å². The van der Waals surface area contributed by atoms with Crippen LogP contribution in [0.2, 0.25) is 0 Å². The molecule has 1 amide bonds. The molecule has 6 nitrogen and oxygen atoms in total. The summed E-state index contributed by atoms with van der Waals surface area (Å²) in [6, 6.07) is 4.72. The Balaban J connectivity index is 0.00000450. The zero-order valence-corrected chi connectivity index (χ0v) is 21.1. The van der Waals surface area contributed by atoms with Gasteiger partial charge in [0.1, 0.15) is 5.82 Å². The Kier molecular flexibility index (Phi) is 12.5. The Morgan fingerprint density at radius 1 is 1.27 bits per heavy atom. The summed E-state index contributed by atoms with van der Waals surface area (Å²) in [6.45, 7) is 7.14. The maximum absolute atomic E-state index is 13.6. The smallest absolute Gasteiger partial charge is 0.251 e. The van der Waals surface area contributed by atoms with Crippen molar-refractivity contribution in [3.63, 3.8) is 0 Å². The average Bonchev–Trinajstić information content (AvgIpc) is 2.72. The largest absolute Gasteiger partial charge is 0.357 e. The van der Waals surface area contributed by atoms with E-state index in [-0.39, 0.29) is 47.0 Å². The minimum absolute atomic E-state index is 0. The molecule has 9 heteroatoms. The first-order valence-electron chi connectivity index (χ1n) is 10.4. The summed E-state index contributed by atoms with van der Waals surface area (Å²) in [5.74, 6) is 0.713. The second-order valence-corrected chi connectivity index (χ2v) is 9.29. The molecule has 1 aromatic carbocycles. The molecule has 0 aromatic heterocycles. The maximum Gasteiger partial charge on any atom is 0.251 e. The van der Waals surface area contributed by atoms with Gasteiger partial charge in [-0.1, -0.05) is 19.4 Å². The third kappa shape index (κ3) is 8.49. The number of nitrogens with one attached hydrogen (secondary N) is 3. The van der Waals surface area contributed by atoms with Gasteiger partial charge in [0.25, 0.3) is 5.91 Å². The van der Waals surface area contributed by atoms with Crippen LogP contribution < -0.4 is 16.0 Å². The van der Waals surface area contributed by atoms with Crippen LogP contribution in [0, 0.1) is 12.7 Å². The SMILES string of the molecule is CCNC(=NCCNC(=O)c1ccc(C)c(F)c1)NC1CCCC(S(=O)CC)C1.I. The van der Waals surface area contributed by atoms with Crippen LogP contribution >= 0.6 is 24.0 Å². The quantitative estimate of drug-likeness (QED) is 0.200. The fraction of sp³-hybridized carbons (Fsp3) is 0.619. The third-order valence-electron chi connectivity index (χ3n) is 5.07. The summed E-state index contributed by atoms with van der Waals surface area (Å²) in [7, 11) is -0.761. The van der Waals surface area contributed by atoms with Gasteiger partial charge in [0.05, 0.1) is 6.54 Å². The predicted molar refractivity (Wildman–Crippen MR) is 133 cm³/mol. The second kappa shape index (κ2) is 14.0. The number of aliphatic imine (C=N–C) groups is 1. The van der Waals surface area contributed by atoms with Gasteiger partial charge in [0, 0.05) is 46.5 Å². The number of halogens is 2. The van der Waals surface area contributed by atoms with Crippen molar-refractivity contribution in [3.05, 3.63) is 35.1 Å². The van der Waals surface area contributed by atoms with Crippen LogP contribution in [0.4, 0.5) is 4.39 Å². The highest BCUT2D eigenvalue weighted by Gasteiger charge is 2.26. The van der Waals surface area contributed by atoms with Gasteiger partial charge in [-0.25, -0.2) is 4.39 Å². The lowest BCUT2D eigenvalue weighted by atomic mass is 9.95. The highest BCUT2D eigenvalue weighted by Crippen LogP contribution is 2.22. The Labute approximate surface area is 198 Å². The van der Waals surface area contributed by atoms with E-state index >= 15 is 0 Å². The molecule has 0 aliphatic heterocycles. The van der Waals surface area contributed by atoms with Gasteiger partial charge in [-0.3, -0.25) is 14.0 Å². The van der Waals surface area contributed by atoms with Gasteiger partial charge in [-0.2, -0.15) is 0 Å². The lowest BCUT2D eigenvalue weighted by Crippen LogP contribution is -2.47. The normalized spacial score (nSPS) is 20.1. The van der Waals surface area contributed by atoms with E-state index in [0.29, 0.717) is 35.9 Å². The van der Waals surface area contributed by atoms with Crippen molar-refractivity contribution in [1.29, 1.82) is 0 Å². The maximum atomic E-state index is 13.6. The minimum atomic E-state index is -0.761. The van der Waals surface area contributed by atoms with Crippen molar-refractivity contribution in [2.45, 2.75) is 57.7 Å². The Morgan fingerprint density at radius 2 is 2.03 bits per heavy atom. The molecule has 2 rings (SSSR count). The van der Waals surface area contributed by atoms with Crippen LogP contribution in [0.5, 0.6) is 0 Å². The molecule has 1 aliphatic carbocycles. The van der Waals surface area contributed by atoms with E-state index < -0.39 is 10.8 Å². The first-order valence-corrected chi connectivity index (χ1v) is 11.8. The molecule has 1 fully saturated rings. The molecule has 3 atom stereocenters. The number of hydrogen-bond donors (Lipinski definition) is 3. The van der Waals surface area contributed by atoms with Gasteiger partial charge < -0.3 is 16.0 Å². The van der Waals surface area contributed by atoms with Crippen molar-refractivity contribution >= 4 is 46.6 Å². The topological polar surface area (TPSA) is 82.6 Å². The van der Waals surface area contributed by atoms with E-state index in [9.17, 15) is 13.4 Å². The molecular weight excluding hydrogens is 518 g/mol. The molecule has 1 saturated carbocycles. The van der Waals surface area contributed by atoms with E-state index in [1.165, 1.54) is 6.07 Å². The molecule has 0 radical (unpaired) electrons. The average molecular weight is 552 g/mol. The highest BCUT2D eigenvalue weighted by atomic mass is 127. The van der Waals surface area contributed by atoms with Crippen molar-refractivity contribution in [2.75, 3.05) is 25.4 Å². The van der Waals surface area contributed by atoms with Gasteiger partial charge in [0.2, 0.25) is 0 Å². The van der Waals surface area contributed by atoms with E-state index in [1.54, 1.807) is 19.1 Å². The third-order valence-corrected chi connectivity index (χ3v) is 6.81. The van der Waals surface area contributed by atoms with Crippen LogP contribution in [0.25, 0.3) is 0 Å². The lowest BCUT2D eigenvalue weighted by molar-refractivity contribution is 0.0954. The van der Waals surface area contributed by atoms with Gasteiger partial charge in [0.15, 0.2) is 5.96 Å². The van der Waals surface area contributed by atoms with Gasteiger partial charge in [-0.15, -0.1) is 24.0 Å². The molecule has 1 aliphatic rings. The van der Waals surface area contributed by atoms with Gasteiger partial charge >= 0.3 is 0 Å². The number of carbonyl (C=O) groups is 1. The Hall–Kier alpha value is -1.23. The van der Waals surface area contributed by atoms with Crippen molar-refractivity contribution < 1.29 is 13.4 Å². The Bertz CT molecular complexity index is 748.